The lowest BCUT2D eigenvalue weighted by molar-refractivity contribution is 0.147. The smallest absolute Gasteiger partial charge is 0.407 e. The predicted octanol–water partition coefficient (Wildman–Crippen LogP) is 0.729. The molecule has 72 valence electrons. The summed E-state index contributed by atoms with van der Waals surface area (Å²) in [5, 5.41) is 5.75. The highest BCUT2D eigenvalue weighted by Gasteiger charge is 2.12. The van der Waals surface area contributed by atoms with E-state index >= 15 is 0 Å². The Morgan fingerprint density at radius 1 is 1.42 bits per heavy atom. The zero-order valence-electron chi connectivity index (χ0n) is 8.18. The molecule has 0 aliphatic rings. The molecule has 0 aromatic heterocycles. The molecule has 0 aromatic rings. The van der Waals surface area contributed by atoms with Crippen LogP contribution in [0.5, 0.6) is 0 Å². The summed E-state index contributed by atoms with van der Waals surface area (Å²) in [7, 11) is 1.86. The summed E-state index contributed by atoms with van der Waals surface area (Å²) in [6.07, 6.45) is -0.355. The SMILES string of the molecule is CCOC(=O)NC(C)C(C)NC. The van der Waals surface area contributed by atoms with Crippen LogP contribution in [0.2, 0.25) is 0 Å². The summed E-state index contributed by atoms with van der Waals surface area (Å²) in [6, 6.07) is 0.323. The maximum atomic E-state index is 10.9. The summed E-state index contributed by atoms with van der Waals surface area (Å²) in [6.45, 7) is 6.12. The molecule has 0 rings (SSSR count). The highest BCUT2D eigenvalue weighted by atomic mass is 16.5. The highest BCUT2D eigenvalue weighted by Crippen LogP contribution is 1.91. The van der Waals surface area contributed by atoms with Gasteiger partial charge in [0, 0.05) is 12.1 Å². The Morgan fingerprint density at radius 2 is 2.00 bits per heavy atom. The van der Waals surface area contributed by atoms with Crippen LogP contribution < -0.4 is 10.6 Å². The maximum Gasteiger partial charge on any atom is 0.407 e. The van der Waals surface area contributed by atoms with Gasteiger partial charge in [-0.3, -0.25) is 0 Å². The Labute approximate surface area is 73.7 Å². The van der Waals surface area contributed by atoms with Gasteiger partial charge in [0.05, 0.1) is 6.61 Å². The lowest BCUT2D eigenvalue weighted by atomic mass is 10.2. The van der Waals surface area contributed by atoms with Crippen LogP contribution in [0.25, 0.3) is 0 Å². The second kappa shape index (κ2) is 5.83. The van der Waals surface area contributed by atoms with Gasteiger partial charge in [0.2, 0.25) is 0 Å². The second-order valence-electron chi connectivity index (χ2n) is 2.73. The first-order valence-corrected chi connectivity index (χ1v) is 4.22. The van der Waals surface area contributed by atoms with Crippen molar-refractivity contribution < 1.29 is 9.53 Å². The molecule has 0 aliphatic carbocycles. The minimum absolute atomic E-state index is 0.0778. The van der Waals surface area contributed by atoms with Gasteiger partial charge in [-0.1, -0.05) is 0 Å². The van der Waals surface area contributed by atoms with Gasteiger partial charge in [-0.15, -0.1) is 0 Å². The van der Waals surface area contributed by atoms with Crippen molar-refractivity contribution >= 4 is 6.09 Å². The number of alkyl carbamates (subject to hydrolysis) is 1. The lowest BCUT2D eigenvalue weighted by Crippen LogP contribution is -2.45. The zero-order chi connectivity index (χ0) is 9.56. The molecule has 1 amide bonds. The van der Waals surface area contributed by atoms with E-state index in [9.17, 15) is 4.79 Å². The van der Waals surface area contributed by atoms with Gasteiger partial charge in [-0.2, -0.15) is 0 Å². The van der Waals surface area contributed by atoms with Crippen LogP contribution in [-0.4, -0.2) is 31.8 Å². The van der Waals surface area contributed by atoms with Gasteiger partial charge in [0.25, 0.3) is 0 Å². The van der Waals surface area contributed by atoms with Gasteiger partial charge in [0.15, 0.2) is 0 Å². The van der Waals surface area contributed by atoms with E-state index in [4.69, 9.17) is 4.74 Å². The largest absolute Gasteiger partial charge is 0.450 e. The van der Waals surface area contributed by atoms with Crippen molar-refractivity contribution in [2.24, 2.45) is 0 Å². The topological polar surface area (TPSA) is 50.4 Å². The first kappa shape index (κ1) is 11.2. The molecule has 0 bridgehead atoms. The van der Waals surface area contributed by atoms with E-state index in [1.54, 1.807) is 6.92 Å². The van der Waals surface area contributed by atoms with Crippen molar-refractivity contribution in [3.8, 4) is 0 Å². The summed E-state index contributed by atoms with van der Waals surface area (Å²) in [5.74, 6) is 0. The molecule has 2 N–H and O–H groups in total. The molecule has 4 heteroatoms. The fourth-order valence-corrected chi connectivity index (χ4v) is 0.734. The van der Waals surface area contributed by atoms with Crippen molar-refractivity contribution in [1.82, 2.24) is 10.6 Å². The average Bonchev–Trinajstić information content (AvgIpc) is 2.03. The molecule has 0 spiro atoms. The van der Waals surface area contributed by atoms with E-state index in [2.05, 4.69) is 10.6 Å². The van der Waals surface area contributed by atoms with E-state index < -0.39 is 0 Å². The average molecular weight is 174 g/mol. The maximum absolute atomic E-state index is 10.9. The molecular weight excluding hydrogens is 156 g/mol. The summed E-state index contributed by atoms with van der Waals surface area (Å²) < 4.78 is 4.73. The molecule has 2 unspecified atom stereocenters. The van der Waals surface area contributed by atoms with Crippen LogP contribution in [0.4, 0.5) is 4.79 Å². The number of rotatable bonds is 4. The Balaban J connectivity index is 3.67. The first-order chi connectivity index (χ1) is 5.61. The summed E-state index contributed by atoms with van der Waals surface area (Å²) in [4.78, 5) is 10.9. The normalized spacial score (nSPS) is 15.0. The van der Waals surface area contributed by atoms with Crippen molar-refractivity contribution in [1.29, 1.82) is 0 Å². The number of hydrogen-bond acceptors (Lipinski definition) is 3. The molecule has 0 saturated carbocycles. The molecule has 0 fully saturated rings. The number of hydrogen-bond donors (Lipinski definition) is 2. The number of nitrogens with one attached hydrogen (secondary N) is 2. The monoisotopic (exact) mass is 174 g/mol. The number of ether oxygens (including phenoxy) is 1. The molecule has 0 aromatic carbocycles. The van der Waals surface area contributed by atoms with E-state index in [0.717, 1.165) is 0 Å². The molecule has 0 aliphatic heterocycles. The van der Waals surface area contributed by atoms with Crippen LogP contribution in [-0.2, 0) is 4.74 Å². The zero-order valence-corrected chi connectivity index (χ0v) is 8.18. The molecular formula is C8H18N2O2. The van der Waals surface area contributed by atoms with E-state index in [1.165, 1.54) is 0 Å². The highest BCUT2D eigenvalue weighted by molar-refractivity contribution is 5.67. The van der Waals surface area contributed by atoms with Gasteiger partial charge in [0.1, 0.15) is 0 Å². The lowest BCUT2D eigenvalue weighted by Gasteiger charge is -2.19. The predicted molar refractivity (Wildman–Crippen MR) is 48.1 cm³/mol. The van der Waals surface area contributed by atoms with Crippen LogP contribution in [0.3, 0.4) is 0 Å². The number of carbonyl (C=O) groups is 1. The van der Waals surface area contributed by atoms with Crippen molar-refractivity contribution in [2.45, 2.75) is 32.9 Å². The minimum atomic E-state index is -0.355. The van der Waals surface area contributed by atoms with E-state index in [-0.39, 0.29) is 18.2 Å². The molecule has 2 atom stereocenters. The number of amides is 1. The molecule has 0 radical (unpaired) electrons. The fourth-order valence-electron chi connectivity index (χ4n) is 0.734. The Morgan fingerprint density at radius 3 is 2.42 bits per heavy atom. The van der Waals surface area contributed by atoms with Gasteiger partial charge in [-0.05, 0) is 27.8 Å². The fraction of sp³-hybridized carbons (Fsp3) is 0.875. The third kappa shape index (κ3) is 4.18. The van der Waals surface area contributed by atoms with Crippen LogP contribution in [0, 0.1) is 0 Å². The summed E-state index contributed by atoms with van der Waals surface area (Å²) >= 11 is 0. The number of likely N-dealkylation sites (N-methyl/N-ethyl adjacent to an activating group) is 1. The minimum Gasteiger partial charge on any atom is -0.450 e. The van der Waals surface area contributed by atoms with Crippen molar-refractivity contribution in [3.05, 3.63) is 0 Å². The number of carbonyl (C=O) groups excluding carboxylic acids is 1. The Hall–Kier alpha value is -0.770. The Kier molecular flexibility index (Phi) is 5.45. The van der Waals surface area contributed by atoms with Crippen molar-refractivity contribution in [3.63, 3.8) is 0 Å². The van der Waals surface area contributed by atoms with Crippen LogP contribution in [0.15, 0.2) is 0 Å². The molecule has 0 saturated heterocycles. The van der Waals surface area contributed by atoms with Crippen LogP contribution in [0.1, 0.15) is 20.8 Å². The second-order valence-corrected chi connectivity index (χ2v) is 2.73. The summed E-state index contributed by atoms with van der Waals surface area (Å²) in [5.41, 5.74) is 0. The Bertz CT molecular complexity index is 139. The molecule has 0 heterocycles. The standard InChI is InChI=1S/C8H18N2O2/c1-5-12-8(11)10-7(3)6(2)9-4/h6-7,9H,5H2,1-4H3,(H,10,11). The van der Waals surface area contributed by atoms with Crippen LogP contribution >= 0.6 is 0 Å². The first-order valence-electron chi connectivity index (χ1n) is 4.22. The molecule has 4 nitrogen and oxygen atoms in total. The quantitative estimate of drug-likeness (QED) is 0.660. The van der Waals surface area contributed by atoms with Gasteiger partial charge >= 0.3 is 6.09 Å². The van der Waals surface area contributed by atoms with E-state index in [0.29, 0.717) is 6.61 Å². The third-order valence-corrected chi connectivity index (χ3v) is 1.83. The van der Waals surface area contributed by atoms with Gasteiger partial charge in [-0.25, -0.2) is 4.79 Å². The van der Waals surface area contributed by atoms with Gasteiger partial charge < -0.3 is 15.4 Å². The third-order valence-electron chi connectivity index (χ3n) is 1.83. The van der Waals surface area contributed by atoms with Crippen molar-refractivity contribution in [2.75, 3.05) is 13.7 Å². The molecule has 12 heavy (non-hydrogen) atoms. The van der Waals surface area contributed by atoms with E-state index in [1.807, 2.05) is 20.9 Å².